The number of benzene rings is 1. The summed E-state index contributed by atoms with van der Waals surface area (Å²) >= 11 is 4.41. The van der Waals surface area contributed by atoms with Gasteiger partial charge >= 0.3 is 0 Å². The summed E-state index contributed by atoms with van der Waals surface area (Å²) in [4.78, 5) is 0. The Morgan fingerprint density at radius 2 is 2.33 bits per heavy atom. The molecule has 1 aromatic rings. The number of hydrogen-bond acceptors (Lipinski definition) is 2. The Bertz CT molecular complexity index is 294. The Labute approximate surface area is 78.2 Å². The zero-order valence-electron chi connectivity index (χ0n) is 7.08. The lowest BCUT2D eigenvalue weighted by Gasteiger charge is -2.09. The number of ether oxygens (including phenoxy) is 1. The van der Waals surface area contributed by atoms with Gasteiger partial charge in [0.1, 0.15) is 5.75 Å². The van der Waals surface area contributed by atoms with Gasteiger partial charge in [-0.3, -0.25) is 0 Å². The van der Waals surface area contributed by atoms with Crippen LogP contribution >= 0.6 is 12.6 Å². The van der Waals surface area contributed by atoms with Crippen LogP contribution in [0.5, 0.6) is 5.75 Å². The lowest BCUT2D eigenvalue weighted by molar-refractivity contribution is 0.353. The molecule has 1 nitrogen and oxygen atoms in total. The number of para-hydroxylation sites is 1. The molecule has 1 atom stereocenters. The van der Waals surface area contributed by atoms with Gasteiger partial charge in [-0.1, -0.05) is 18.2 Å². The number of rotatable bonds is 1. The molecule has 1 aromatic carbocycles. The standard InChI is InChI=1S/C10H12OS/c1-7(12)9-4-2-3-8-5-6-11-10(8)9/h2-4,7,12H,5-6H2,1H3. The largest absolute Gasteiger partial charge is 0.493 e. The smallest absolute Gasteiger partial charge is 0.126 e. The van der Waals surface area contributed by atoms with Crippen LogP contribution in [0.1, 0.15) is 23.3 Å². The lowest BCUT2D eigenvalue weighted by atomic mass is 10.1. The van der Waals surface area contributed by atoms with Gasteiger partial charge in [-0.15, -0.1) is 0 Å². The summed E-state index contributed by atoms with van der Waals surface area (Å²) in [6.45, 7) is 2.90. The minimum Gasteiger partial charge on any atom is -0.493 e. The van der Waals surface area contributed by atoms with E-state index in [9.17, 15) is 0 Å². The average Bonchev–Trinajstić information content (AvgIpc) is 2.49. The van der Waals surface area contributed by atoms with Gasteiger partial charge in [0.25, 0.3) is 0 Å². The van der Waals surface area contributed by atoms with Crippen molar-refractivity contribution < 1.29 is 4.74 Å². The van der Waals surface area contributed by atoms with Gasteiger partial charge in [-0.2, -0.15) is 12.6 Å². The van der Waals surface area contributed by atoms with Crippen LogP contribution in [0.2, 0.25) is 0 Å². The van der Waals surface area contributed by atoms with Crippen LogP contribution in [0, 0.1) is 0 Å². The molecule has 2 heteroatoms. The first kappa shape index (κ1) is 7.99. The van der Waals surface area contributed by atoms with Crippen molar-refractivity contribution >= 4 is 12.6 Å². The highest BCUT2D eigenvalue weighted by Crippen LogP contribution is 2.35. The molecular weight excluding hydrogens is 168 g/mol. The second-order valence-corrected chi connectivity index (χ2v) is 3.88. The van der Waals surface area contributed by atoms with E-state index in [-0.39, 0.29) is 5.25 Å². The third kappa shape index (κ3) is 1.20. The van der Waals surface area contributed by atoms with E-state index >= 15 is 0 Å². The molecule has 0 bridgehead atoms. The van der Waals surface area contributed by atoms with Crippen molar-refractivity contribution in [2.45, 2.75) is 18.6 Å². The Morgan fingerprint density at radius 1 is 1.50 bits per heavy atom. The maximum Gasteiger partial charge on any atom is 0.126 e. The maximum atomic E-state index is 5.54. The molecule has 1 aliphatic heterocycles. The second kappa shape index (κ2) is 3.02. The normalized spacial score (nSPS) is 16.8. The maximum absolute atomic E-state index is 5.54. The van der Waals surface area contributed by atoms with Gasteiger partial charge in [-0.25, -0.2) is 0 Å². The second-order valence-electron chi connectivity index (χ2n) is 3.11. The minimum atomic E-state index is 0.262. The van der Waals surface area contributed by atoms with E-state index in [0.29, 0.717) is 0 Å². The molecule has 2 rings (SSSR count). The molecule has 1 unspecified atom stereocenters. The number of fused-ring (bicyclic) bond motifs is 1. The molecule has 0 spiro atoms. The first-order chi connectivity index (χ1) is 5.79. The highest BCUT2D eigenvalue weighted by Gasteiger charge is 2.17. The van der Waals surface area contributed by atoms with Crippen molar-refractivity contribution in [3.05, 3.63) is 29.3 Å². The van der Waals surface area contributed by atoms with E-state index in [4.69, 9.17) is 4.74 Å². The third-order valence-corrected chi connectivity index (χ3v) is 2.47. The minimum absolute atomic E-state index is 0.262. The van der Waals surface area contributed by atoms with Crippen LogP contribution in [0.25, 0.3) is 0 Å². The zero-order valence-corrected chi connectivity index (χ0v) is 7.97. The molecule has 0 aromatic heterocycles. The first-order valence-corrected chi connectivity index (χ1v) is 4.73. The summed E-state index contributed by atoms with van der Waals surface area (Å²) in [5.41, 5.74) is 2.54. The van der Waals surface area contributed by atoms with E-state index in [0.717, 1.165) is 18.8 Å². The van der Waals surface area contributed by atoms with Crippen LogP contribution in [0.4, 0.5) is 0 Å². The van der Waals surface area contributed by atoms with Gasteiger partial charge in [0, 0.05) is 17.2 Å². The molecule has 1 aliphatic rings. The van der Waals surface area contributed by atoms with Crippen molar-refractivity contribution in [3.63, 3.8) is 0 Å². The molecule has 0 fully saturated rings. The molecule has 1 heterocycles. The summed E-state index contributed by atoms with van der Waals surface area (Å²) < 4.78 is 5.54. The van der Waals surface area contributed by atoms with Crippen molar-refractivity contribution in [3.8, 4) is 5.75 Å². The van der Waals surface area contributed by atoms with Crippen molar-refractivity contribution in [2.75, 3.05) is 6.61 Å². The summed E-state index contributed by atoms with van der Waals surface area (Å²) in [6.07, 6.45) is 1.05. The van der Waals surface area contributed by atoms with E-state index in [1.165, 1.54) is 11.1 Å². The SMILES string of the molecule is CC(S)c1cccc2c1OCC2. The van der Waals surface area contributed by atoms with Crippen LogP contribution in [0.3, 0.4) is 0 Å². The molecule has 0 amide bonds. The number of thiol groups is 1. The Hall–Kier alpha value is -0.630. The van der Waals surface area contributed by atoms with E-state index in [2.05, 4.69) is 37.8 Å². The summed E-state index contributed by atoms with van der Waals surface area (Å²) in [6, 6.07) is 6.29. The predicted octanol–water partition coefficient (Wildman–Crippen LogP) is 2.61. The van der Waals surface area contributed by atoms with Crippen molar-refractivity contribution in [1.82, 2.24) is 0 Å². The summed E-state index contributed by atoms with van der Waals surface area (Å²) in [5.74, 6) is 1.07. The van der Waals surface area contributed by atoms with Crippen LogP contribution in [-0.2, 0) is 6.42 Å². The monoisotopic (exact) mass is 180 g/mol. The van der Waals surface area contributed by atoms with Gasteiger partial charge in [-0.05, 0) is 12.5 Å². The molecule has 0 aliphatic carbocycles. The van der Waals surface area contributed by atoms with Gasteiger partial charge in [0.05, 0.1) is 6.61 Å². The Balaban J connectivity index is 2.49. The van der Waals surface area contributed by atoms with Gasteiger partial charge < -0.3 is 4.74 Å². The highest BCUT2D eigenvalue weighted by molar-refractivity contribution is 7.80. The third-order valence-electron chi connectivity index (χ3n) is 2.19. The molecule has 0 saturated heterocycles. The number of hydrogen-bond donors (Lipinski definition) is 1. The Kier molecular flexibility index (Phi) is 2.01. The fraction of sp³-hybridized carbons (Fsp3) is 0.400. The summed E-state index contributed by atoms with van der Waals surface area (Å²) in [7, 11) is 0. The van der Waals surface area contributed by atoms with E-state index < -0.39 is 0 Å². The molecular formula is C10H12OS. The van der Waals surface area contributed by atoms with Gasteiger partial charge in [0.2, 0.25) is 0 Å². The summed E-state index contributed by atoms with van der Waals surface area (Å²) in [5, 5.41) is 0.262. The average molecular weight is 180 g/mol. The molecule has 0 saturated carbocycles. The van der Waals surface area contributed by atoms with Crippen LogP contribution < -0.4 is 4.74 Å². The molecule has 12 heavy (non-hydrogen) atoms. The highest BCUT2D eigenvalue weighted by atomic mass is 32.1. The van der Waals surface area contributed by atoms with Crippen molar-refractivity contribution in [1.29, 1.82) is 0 Å². The zero-order chi connectivity index (χ0) is 8.55. The van der Waals surface area contributed by atoms with Gasteiger partial charge in [0.15, 0.2) is 0 Å². The first-order valence-electron chi connectivity index (χ1n) is 4.21. The molecule has 0 N–H and O–H groups in total. The lowest BCUT2D eigenvalue weighted by Crippen LogP contribution is -1.91. The van der Waals surface area contributed by atoms with Crippen LogP contribution in [-0.4, -0.2) is 6.61 Å². The fourth-order valence-electron chi connectivity index (χ4n) is 1.57. The fourth-order valence-corrected chi connectivity index (χ4v) is 1.77. The van der Waals surface area contributed by atoms with Crippen LogP contribution in [0.15, 0.2) is 18.2 Å². The predicted molar refractivity (Wildman–Crippen MR) is 53.0 cm³/mol. The quantitative estimate of drug-likeness (QED) is 0.654. The topological polar surface area (TPSA) is 9.23 Å². The Morgan fingerprint density at radius 3 is 3.08 bits per heavy atom. The van der Waals surface area contributed by atoms with Crippen molar-refractivity contribution in [2.24, 2.45) is 0 Å². The van der Waals surface area contributed by atoms with E-state index in [1.54, 1.807) is 0 Å². The molecule has 0 radical (unpaired) electrons. The molecule has 64 valence electrons. The van der Waals surface area contributed by atoms with E-state index in [1.807, 2.05) is 0 Å².